The lowest BCUT2D eigenvalue weighted by Crippen LogP contribution is -2.59. The van der Waals surface area contributed by atoms with E-state index in [2.05, 4.69) is 56.1 Å². The molecule has 1 aromatic carbocycles. The van der Waals surface area contributed by atoms with Crippen LogP contribution in [0.4, 0.5) is 5.82 Å². The number of rotatable bonds is 5. The minimum absolute atomic E-state index is 0.254. The Morgan fingerprint density at radius 3 is 2.41 bits per heavy atom. The first-order valence-corrected chi connectivity index (χ1v) is 10.1. The molecule has 0 unspecified atom stereocenters. The number of aromatic nitrogens is 1. The van der Waals surface area contributed by atoms with Gasteiger partial charge in [-0.25, -0.2) is 4.98 Å². The zero-order valence-electron chi connectivity index (χ0n) is 16.0. The minimum Gasteiger partial charge on any atom is -0.390 e. The van der Waals surface area contributed by atoms with Crippen LogP contribution in [0.2, 0.25) is 0 Å². The third-order valence-corrected chi connectivity index (χ3v) is 5.95. The standard InChI is InChI=1S/C22H30N4O/c27-21-18-24(12-9-19-6-2-1-3-7-19)13-10-20(21)25-14-16-26(17-15-25)22-8-4-5-11-23-22/h1-8,11,20-21,27H,9-10,12-18H2/t20-,21-/m1/s1. The molecule has 2 saturated heterocycles. The average molecular weight is 367 g/mol. The summed E-state index contributed by atoms with van der Waals surface area (Å²) in [6, 6.07) is 17.0. The van der Waals surface area contributed by atoms with Crippen molar-refractivity contribution in [2.75, 3.05) is 50.7 Å². The summed E-state index contributed by atoms with van der Waals surface area (Å²) in [4.78, 5) is 11.7. The first-order chi connectivity index (χ1) is 13.3. The smallest absolute Gasteiger partial charge is 0.128 e. The minimum atomic E-state index is -0.254. The van der Waals surface area contributed by atoms with Crippen LogP contribution in [-0.2, 0) is 6.42 Å². The normalized spacial score (nSPS) is 24.9. The molecular weight excluding hydrogens is 336 g/mol. The van der Waals surface area contributed by atoms with Crippen molar-refractivity contribution in [2.24, 2.45) is 0 Å². The molecule has 1 aromatic heterocycles. The molecule has 0 amide bonds. The van der Waals surface area contributed by atoms with Gasteiger partial charge >= 0.3 is 0 Å². The first-order valence-electron chi connectivity index (χ1n) is 10.1. The lowest BCUT2D eigenvalue weighted by Gasteiger charge is -2.45. The maximum Gasteiger partial charge on any atom is 0.128 e. The summed E-state index contributed by atoms with van der Waals surface area (Å²) in [7, 11) is 0. The molecule has 2 aliphatic heterocycles. The fourth-order valence-corrected chi connectivity index (χ4v) is 4.37. The Hall–Kier alpha value is -1.95. The van der Waals surface area contributed by atoms with Gasteiger partial charge in [-0.05, 0) is 37.1 Å². The number of hydrogen-bond acceptors (Lipinski definition) is 5. The summed E-state index contributed by atoms with van der Waals surface area (Å²) in [6.45, 7) is 6.87. The number of piperazine rings is 1. The molecule has 0 aliphatic carbocycles. The Bertz CT molecular complexity index is 688. The molecule has 0 bridgehead atoms. The van der Waals surface area contributed by atoms with E-state index in [0.29, 0.717) is 6.04 Å². The predicted molar refractivity (Wildman–Crippen MR) is 109 cm³/mol. The van der Waals surface area contributed by atoms with Crippen LogP contribution in [0.25, 0.3) is 0 Å². The number of pyridine rings is 1. The van der Waals surface area contributed by atoms with Crippen LogP contribution in [0.3, 0.4) is 0 Å². The number of aliphatic hydroxyl groups excluding tert-OH is 1. The molecule has 1 N–H and O–H groups in total. The highest BCUT2D eigenvalue weighted by molar-refractivity contribution is 5.38. The summed E-state index contributed by atoms with van der Waals surface area (Å²) in [6.07, 6.45) is 3.72. The molecule has 2 aliphatic rings. The SMILES string of the molecule is O[C@@H]1CN(CCc2ccccc2)CC[C@H]1N1CCN(c2ccccn2)CC1. The summed E-state index contributed by atoms with van der Waals surface area (Å²) in [5, 5.41) is 10.8. The van der Waals surface area contributed by atoms with Crippen molar-refractivity contribution in [1.29, 1.82) is 0 Å². The van der Waals surface area contributed by atoms with Crippen molar-refractivity contribution in [3.63, 3.8) is 0 Å². The van der Waals surface area contributed by atoms with Gasteiger partial charge in [0.15, 0.2) is 0 Å². The molecule has 0 saturated carbocycles. The number of likely N-dealkylation sites (tertiary alicyclic amines) is 1. The average Bonchev–Trinajstić information content (AvgIpc) is 2.74. The van der Waals surface area contributed by atoms with Gasteiger partial charge in [0, 0.05) is 51.5 Å². The van der Waals surface area contributed by atoms with Gasteiger partial charge in [0.25, 0.3) is 0 Å². The highest BCUT2D eigenvalue weighted by atomic mass is 16.3. The highest BCUT2D eigenvalue weighted by Gasteiger charge is 2.33. The molecule has 0 radical (unpaired) electrons. The summed E-state index contributed by atoms with van der Waals surface area (Å²) >= 11 is 0. The molecule has 3 heterocycles. The Labute approximate surface area is 162 Å². The largest absolute Gasteiger partial charge is 0.390 e. The Balaban J connectivity index is 1.24. The molecule has 4 rings (SSSR count). The van der Waals surface area contributed by atoms with E-state index in [1.807, 2.05) is 18.3 Å². The Morgan fingerprint density at radius 2 is 1.70 bits per heavy atom. The third-order valence-electron chi connectivity index (χ3n) is 5.95. The fourth-order valence-electron chi connectivity index (χ4n) is 4.37. The van der Waals surface area contributed by atoms with Gasteiger partial charge in [-0.2, -0.15) is 0 Å². The summed E-state index contributed by atoms with van der Waals surface area (Å²) in [5.41, 5.74) is 1.37. The van der Waals surface area contributed by atoms with Crippen LogP contribution in [0.15, 0.2) is 54.7 Å². The van der Waals surface area contributed by atoms with Crippen LogP contribution < -0.4 is 4.90 Å². The lowest BCUT2D eigenvalue weighted by molar-refractivity contribution is -0.0145. The van der Waals surface area contributed by atoms with Crippen molar-refractivity contribution >= 4 is 5.82 Å². The van der Waals surface area contributed by atoms with Crippen LogP contribution >= 0.6 is 0 Å². The van der Waals surface area contributed by atoms with Crippen molar-refractivity contribution < 1.29 is 5.11 Å². The lowest BCUT2D eigenvalue weighted by atomic mass is 9.98. The van der Waals surface area contributed by atoms with Crippen molar-refractivity contribution in [2.45, 2.75) is 25.0 Å². The van der Waals surface area contributed by atoms with E-state index in [0.717, 1.165) is 64.5 Å². The fraction of sp³-hybridized carbons (Fsp3) is 0.500. The van der Waals surface area contributed by atoms with E-state index in [9.17, 15) is 5.11 Å². The molecule has 27 heavy (non-hydrogen) atoms. The van der Waals surface area contributed by atoms with Gasteiger partial charge in [0.05, 0.1) is 6.10 Å². The monoisotopic (exact) mass is 366 g/mol. The van der Waals surface area contributed by atoms with Gasteiger partial charge in [0.1, 0.15) is 5.82 Å². The number of anilines is 1. The molecule has 2 aromatic rings. The van der Waals surface area contributed by atoms with Gasteiger partial charge < -0.3 is 14.9 Å². The van der Waals surface area contributed by atoms with Gasteiger partial charge in [-0.1, -0.05) is 36.4 Å². The Morgan fingerprint density at radius 1 is 0.926 bits per heavy atom. The van der Waals surface area contributed by atoms with Gasteiger partial charge in [0.2, 0.25) is 0 Å². The second-order valence-electron chi connectivity index (χ2n) is 7.67. The first kappa shape index (κ1) is 18.4. The van der Waals surface area contributed by atoms with Crippen LogP contribution in [-0.4, -0.2) is 77.8 Å². The van der Waals surface area contributed by atoms with E-state index in [4.69, 9.17) is 0 Å². The molecule has 5 nitrogen and oxygen atoms in total. The van der Waals surface area contributed by atoms with E-state index in [1.165, 1.54) is 5.56 Å². The highest BCUT2D eigenvalue weighted by Crippen LogP contribution is 2.21. The predicted octanol–water partition coefficient (Wildman–Crippen LogP) is 1.88. The van der Waals surface area contributed by atoms with E-state index >= 15 is 0 Å². The zero-order valence-corrected chi connectivity index (χ0v) is 16.0. The van der Waals surface area contributed by atoms with E-state index in [-0.39, 0.29) is 6.10 Å². The molecule has 144 valence electrons. The third kappa shape index (κ3) is 4.67. The number of hydrogen-bond donors (Lipinski definition) is 1. The summed E-state index contributed by atoms with van der Waals surface area (Å²) in [5.74, 6) is 1.06. The molecule has 0 spiro atoms. The zero-order chi connectivity index (χ0) is 18.5. The summed E-state index contributed by atoms with van der Waals surface area (Å²) < 4.78 is 0. The molecule has 2 fully saturated rings. The molecule has 5 heteroatoms. The number of β-amino-alcohol motifs (C(OH)–C–C–N with tert-alkyl or cyclic N) is 1. The van der Waals surface area contributed by atoms with Crippen LogP contribution in [0.1, 0.15) is 12.0 Å². The number of piperidine rings is 1. The number of benzene rings is 1. The van der Waals surface area contributed by atoms with Crippen molar-refractivity contribution in [3.05, 3.63) is 60.3 Å². The number of aliphatic hydroxyl groups is 1. The second-order valence-corrected chi connectivity index (χ2v) is 7.67. The quantitative estimate of drug-likeness (QED) is 0.875. The van der Waals surface area contributed by atoms with Crippen LogP contribution in [0.5, 0.6) is 0 Å². The maximum absolute atomic E-state index is 10.8. The maximum atomic E-state index is 10.8. The van der Waals surface area contributed by atoms with Crippen LogP contribution in [0, 0.1) is 0 Å². The van der Waals surface area contributed by atoms with E-state index < -0.39 is 0 Å². The van der Waals surface area contributed by atoms with E-state index in [1.54, 1.807) is 0 Å². The Kier molecular flexibility index (Phi) is 6.02. The van der Waals surface area contributed by atoms with Crippen molar-refractivity contribution in [3.8, 4) is 0 Å². The van der Waals surface area contributed by atoms with Crippen molar-refractivity contribution in [1.82, 2.24) is 14.8 Å². The topological polar surface area (TPSA) is 42.8 Å². The van der Waals surface area contributed by atoms with Gasteiger partial charge in [-0.3, -0.25) is 4.90 Å². The number of nitrogens with zero attached hydrogens (tertiary/aromatic N) is 4. The molecule has 2 atom stereocenters. The molecular formula is C22H30N4O. The van der Waals surface area contributed by atoms with Gasteiger partial charge in [-0.15, -0.1) is 0 Å². The second kappa shape index (κ2) is 8.83.